The summed E-state index contributed by atoms with van der Waals surface area (Å²) in [6.07, 6.45) is 2.81. The molecule has 1 aliphatic heterocycles. The zero-order chi connectivity index (χ0) is 19.5. The number of para-hydroxylation sites is 1. The summed E-state index contributed by atoms with van der Waals surface area (Å²) in [6, 6.07) is 15.5. The Morgan fingerprint density at radius 1 is 1.04 bits per heavy atom. The fraction of sp³-hybridized carbons (Fsp3) is 0.318. The molecule has 28 heavy (non-hydrogen) atoms. The van der Waals surface area contributed by atoms with Crippen LogP contribution in [0.2, 0.25) is 0 Å². The molecule has 0 spiro atoms. The molecule has 2 aromatic carbocycles. The van der Waals surface area contributed by atoms with Gasteiger partial charge in [-0.2, -0.15) is 0 Å². The molecular weight excluding hydrogens is 352 g/mol. The van der Waals surface area contributed by atoms with Crippen LogP contribution in [-0.2, 0) is 13.6 Å². The number of benzene rings is 2. The van der Waals surface area contributed by atoms with Crippen molar-refractivity contribution in [3.8, 4) is 5.75 Å². The molecule has 1 fully saturated rings. The van der Waals surface area contributed by atoms with Gasteiger partial charge < -0.3 is 19.7 Å². The van der Waals surface area contributed by atoms with Gasteiger partial charge in [0.2, 0.25) is 0 Å². The summed E-state index contributed by atoms with van der Waals surface area (Å²) in [5, 5.41) is 20.6. The second-order valence-corrected chi connectivity index (χ2v) is 7.29. The van der Waals surface area contributed by atoms with E-state index in [9.17, 15) is 10.2 Å². The summed E-state index contributed by atoms with van der Waals surface area (Å²) >= 11 is 0. The Morgan fingerprint density at radius 3 is 2.54 bits per heavy atom. The van der Waals surface area contributed by atoms with Crippen LogP contribution in [0.15, 0.2) is 60.9 Å². The van der Waals surface area contributed by atoms with Gasteiger partial charge in [-0.05, 0) is 23.8 Å². The average molecular weight is 378 g/mol. The molecule has 3 aromatic rings. The van der Waals surface area contributed by atoms with Crippen LogP contribution in [0, 0.1) is 0 Å². The lowest BCUT2D eigenvalue weighted by Gasteiger charge is -2.37. The standard InChI is InChI=1S/C22H26N4O2/c1-24-10-9-23-22(24)21(28)19-7-2-3-8-20(19)26-13-11-25(12-14-26)16-17-5-4-6-18(27)15-17/h2-10,15,21,27-28H,11-14,16H2,1H3/t21-/m0/s1. The number of aliphatic hydroxyl groups is 1. The first-order chi connectivity index (χ1) is 13.6. The summed E-state index contributed by atoms with van der Waals surface area (Å²) in [5.41, 5.74) is 3.08. The average Bonchev–Trinajstić information content (AvgIpc) is 3.14. The maximum atomic E-state index is 10.9. The Balaban J connectivity index is 1.46. The molecule has 6 nitrogen and oxygen atoms in total. The number of hydrogen-bond acceptors (Lipinski definition) is 5. The summed E-state index contributed by atoms with van der Waals surface area (Å²) in [5.74, 6) is 0.961. The van der Waals surface area contributed by atoms with Gasteiger partial charge in [0.05, 0.1) is 0 Å². The normalized spacial score (nSPS) is 16.3. The fourth-order valence-electron chi connectivity index (χ4n) is 3.85. The van der Waals surface area contributed by atoms with Crippen molar-refractivity contribution < 1.29 is 10.2 Å². The molecule has 0 amide bonds. The van der Waals surface area contributed by atoms with E-state index in [1.54, 1.807) is 12.3 Å². The van der Waals surface area contributed by atoms with Gasteiger partial charge in [0.15, 0.2) is 0 Å². The van der Waals surface area contributed by atoms with E-state index in [0.717, 1.165) is 49.5 Å². The smallest absolute Gasteiger partial charge is 0.142 e. The number of nitrogens with zero attached hydrogens (tertiary/aromatic N) is 4. The lowest BCUT2D eigenvalue weighted by molar-refractivity contribution is 0.205. The monoisotopic (exact) mass is 378 g/mol. The topological polar surface area (TPSA) is 64.8 Å². The number of aliphatic hydroxyl groups excluding tert-OH is 1. The molecule has 146 valence electrons. The molecule has 6 heteroatoms. The maximum absolute atomic E-state index is 10.9. The highest BCUT2D eigenvalue weighted by Gasteiger charge is 2.24. The number of hydrogen-bond donors (Lipinski definition) is 2. The van der Waals surface area contributed by atoms with E-state index >= 15 is 0 Å². The first-order valence-electron chi connectivity index (χ1n) is 9.61. The lowest BCUT2D eigenvalue weighted by Crippen LogP contribution is -2.46. The molecule has 4 rings (SSSR count). The van der Waals surface area contributed by atoms with E-state index in [2.05, 4.69) is 20.9 Å². The molecule has 1 atom stereocenters. The molecule has 2 heterocycles. The molecule has 1 aromatic heterocycles. The van der Waals surface area contributed by atoms with Crippen molar-refractivity contribution in [3.63, 3.8) is 0 Å². The van der Waals surface area contributed by atoms with Gasteiger partial charge in [-0.15, -0.1) is 0 Å². The highest BCUT2D eigenvalue weighted by molar-refractivity contribution is 5.56. The second kappa shape index (κ2) is 8.04. The summed E-state index contributed by atoms with van der Waals surface area (Å²) in [7, 11) is 1.90. The summed E-state index contributed by atoms with van der Waals surface area (Å²) < 4.78 is 1.86. The Morgan fingerprint density at radius 2 is 1.82 bits per heavy atom. The number of piperazine rings is 1. The van der Waals surface area contributed by atoms with Crippen molar-refractivity contribution in [2.24, 2.45) is 7.05 Å². The summed E-state index contributed by atoms with van der Waals surface area (Å²) in [6.45, 7) is 4.48. The van der Waals surface area contributed by atoms with Crippen molar-refractivity contribution in [3.05, 3.63) is 77.9 Å². The van der Waals surface area contributed by atoms with Crippen LogP contribution in [-0.4, -0.2) is 50.8 Å². The van der Waals surface area contributed by atoms with Gasteiger partial charge in [0, 0.05) is 63.4 Å². The third-order valence-corrected chi connectivity index (χ3v) is 5.36. The van der Waals surface area contributed by atoms with Gasteiger partial charge in [0.25, 0.3) is 0 Å². The number of anilines is 1. The minimum absolute atomic E-state index is 0.313. The minimum atomic E-state index is -0.749. The van der Waals surface area contributed by atoms with Crippen molar-refractivity contribution in [2.45, 2.75) is 12.6 Å². The number of aromatic nitrogens is 2. The molecule has 0 bridgehead atoms. The van der Waals surface area contributed by atoms with Gasteiger partial charge >= 0.3 is 0 Å². The predicted octanol–water partition coefficient (Wildman–Crippen LogP) is 2.53. The molecule has 2 N–H and O–H groups in total. The van der Waals surface area contributed by atoms with Gasteiger partial charge in [-0.3, -0.25) is 4.90 Å². The molecule has 0 aliphatic carbocycles. The van der Waals surface area contributed by atoms with Crippen LogP contribution in [0.3, 0.4) is 0 Å². The Labute approximate surface area is 165 Å². The Bertz CT molecular complexity index is 932. The van der Waals surface area contributed by atoms with Gasteiger partial charge in [-0.25, -0.2) is 4.98 Å². The van der Waals surface area contributed by atoms with Crippen LogP contribution in [0.25, 0.3) is 0 Å². The van der Waals surface area contributed by atoms with Crippen molar-refractivity contribution in [1.82, 2.24) is 14.5 Å². The van der Waals surface area contributed by atoms with E-state index in [-0.39, 0.29) is 0 Å². The number of phenolic OH excluding ortho intramolecular Hbond substituents is 1. The lowest BCUT2D eigenvalue weighted by atomic mass is 10.0. The van der Waals surface area contributed by atoms with Crippen molar-refractivity contribution in [1.29, 1.82) is 0 Å². The van der Waals surface area contributed by atoms with Crippen molar-refractivity contribution in [2.75, 3.05) is 31.1 Å². The molecule has 0 unspecified atom stereocenters. The van der Waals surface area contributed by atoms with E-state index in [0.29, 0.717) is 11.6 Å². The highest BCUT2D eigenvalue weighted by Crippen LogP contribution is 2.30. The number of aromatic hydroxyl groups is 1. The van der Waals surface area contributed by atoms with E-state index in [4.69, 9.17) is 0 Å². The molecule has 1 aliphatic rings. The van der Waals surface area contributed by atoms with Crippen molar-refractivity contribution >= 4 is 5.69 Å². The maximum Gasteiger partial charge on any atom is 0.142 e. The van der Waals surface area contributed by atoms with E-state index in [1.165, 1.54) is 0 Å². The Kier molecular flexibility index (Phi) is 5.32. The SMILES string of the molecule is Cn1ccnc1[C@@H](O)c1ccccc1N1CCN(Cc2cccc(O)c2)CC1. The first-order valence-corrected chi connectivity index (χ1v) is 9.61. The largest absolute Gasteiger partial charge is 0.508 e. The van der Waals surface area contributed by atoms with Gasteiger partial charge in [-0.1, -0.05) is 30.3 Å². The fourth-order valence-corrected chi connectivity index (χ4v) is 3.85. The van der Waals surface area contributed by atoms with Gasteiger partial charge in [0.1, 0.15) is 17.7 Å². The second-order valence-electron chi connectivity index (χ2n) is 7.29. The van der Waals surface area contributed by atoms with Crippen LogP contribution in [0.1, 0.15) is 23.1 Å². The minimum Gasteiger partial charge on any atom is -0.508 e. The van der Waals surface area contributed by atoms with Crippen LogP contribution in [0.5, 0.6) is 5.75 Å². The molecule has 0 radical (unpaired) electrons. The van der Waals surface area contributed by atoms with Crippen LogP contribution in [0.4, 0.5) is 5.69 Å². The quantitative estimate of drug-likeness (QED) is 0.714. The molecule has 0 saturated carbocycles. The third kappa shape index (κ3) is 3.88. The summed E-state index contributed by atoms with van der Waals surface area (Å²) in [4.78, 5) is 9.04. The number of imidazole rings is 1. The first kappa shape index (κ1) is 18.5. The number of rotatable bonds is 5. The van der Waals surface area contributed by atoms with Crippen LogP contribution < -0.4 is 4.90 Å². The van der Waals surface area contributed by atoms with Crippen LogP contribution >= 0.6 is 0 Å². The molecular formula is C22H26N4O2. The van der Waals surface area contributed by atoms with E-state index < -0.39 is 6.10 Å². The number of aryl methyl sites for hydroxylation is 1. The predicted molar refractivity (Wildman–Crippen MR) is 109 cm³/mol. The van der Waals surface area contributed by atoms with E-state index in [1.807, 2.05) is 54.2 Å². The highest BCUT2D eigenvalue weighted by atomic mass is 16.3. The zero-order valence-corrected chi connectivity index (χ0v) is 16.1. The number of phenols is 1. The third-order valence-electron chi connectivity index (χ3n) is 5.36. The molecule has 1 saturated heterocycles. The Hall–Kier alpha value is -2.83. The zero-order valence-electron chi connectivity index (χ0n) is 16.1.